The van der Waals surface area contributed by atoms with Crippen molar-refractivity contribution in [3.63, 3.8) is 0 Å². The van der Waals surface area contributed by atoms with Crippen LogP contribution >= 0.6 is 11.3 Å². The van der Waals surface area contributed by atoms with Crippen molar-refractivity contribution in [2.75, 3.05) is 0 Å². The van der Waals surface area contributed by atoms with E-state index in [9.17, 15) is 13.6 Å². The molecule has 0 unspecified atom stereocenters. The highest BCUT2D eigenvalue weighted by molar-refractivity contribution is 7.14. The van der Waals surface area contributed by atoms with Crippen LogP contribution in [0.25, 0.3) is 6.08 Å². The minimum atomic E-state index is -0.775. The van der Waals surface area contributed by atoms with E-state index >= 15 is 0 Å². The highest BCUT2D eigenvalue weighted by atomic mass is 32.1. The van der Waals surface area contributed by atoms with Gasteiger partial charge in [0.05, 0.1) is 4.88 Å². The number of carbonyl (C=O) groups is 1. The predicted octanol–water partition coefficient (Wildman–Crippen LogP) is 5.40. The van der Waals surface area contributed by atoms with Crippen molar-refractivity contribution in [2.45, 2.75) is 13.5 Å². The summed E-state index contributed by atoms with van der Waals surface area (Å²) in [5.41, 5.74) is 0. The van der Waals surface area contributed by atoms with E-state index in [0.29, 0.717) is 16.4 Å². The van der Waals surface area contributed by atoms with E-state index in [0.717, 1.165) is 17.0 Å². The number of aryl methyl sites for hydroxylation is 1. The van der Waals surface area contributed by atoms with Crippen molar-refractivity contribution in [1.82, 2.24) is 0 Å². The average Bonchev–Trinajstić information content (AvgIpc) is 3.21. The number of rotatable bonds is 6. The lowest BCUT2D eigenvalue weighted by atomic mass is 10.3. The van der Waals surface area contributed by atoms with Crippen LogP contribution in [-0.4, -0.2) is 5.78 Å². The highest BCUT2D eigenvalue weighted by Gasteiger charge is 2.08. The molecule has 0 amide bonds. The summed E-state index contributed by atoms with van der Waals surface area (Å²) in [5.74, 6) is -0.647. The number of ether oxygens (including phenoxy) is 1. The smallest absolute Gasteiger partial charge is 0.195 e. The van der Waals surface area contributed by atoms with Crippen LogP contribution in [0.15, 0.2) is 53.0 Å². The fraction of sp³-hybridized carbons (Fsp3) is 0.105. The Bertz CT molecular complexity index is 924. The van der Waals surface area contributed by atoms with Gasteiger partial charge in [-0.05, 0) is 55.5 Å². The number of allylic oxidation sites excluding steroid dienone is 1. The Kier molecular flexibility index (Phi) is 5.09. The molecule has 0 saturated carbocycles. The van der Waals surface area contributed by atoms with Gasteiger partial charge in [-0.15, -0.1) is 11.3 Å². The van der Waals surface area contributed by atoms with Crippen LogP contribution in [0.1, 0.15) is 26.1 Å². The number of hydrogen-bond donors (Lipinski definition) is 0. The molecule has 0 N–H and O–H groups in total. The van der Waals surface area contributed by atoms with E-state index in [1.165, 1.54) is 23.5 Å². The van der Waals surface area contributed by atoms with Crippen molar-refractivity contribution in [3.8, 4) is 5.75 Å². The van der Waals surface area contributed by atoms with Crippen LogP contribution in [0, 0.1) is 18.6 Å². The molecule has 3 aromatic rings. The lowest BCUT2D eigenvalue weighted by Crippen LogP contribution is -1.96. The summed E-state index contributed by atoms with van der Waals surface area (Å²) in [6.45, 7) is 1.93. The van der Waals surface area contributed by atoms with Crippen molar-refractivity contribution in [3.05, 3.63) is 81.4 Å². The predicted molar refractivity (Wildman–Crippen MR) is 91.8 cm³/mol. The maximum Gasteiger partial charge on any atom is 0.195 e. The summed E-state index contributed by atoms with van der Waals surface area (Å²) in [7, 11) is 0. The van der Waals surface area contributed by atoms with E-state index in [1.807, 2.05) is 13.0 Å². The minimum Gasteiger partial charge on any atom is -0.483 e. The van der Waals surface area contributed by atoms with Crippen LogP contribution in [0.3, 0.4) is 0 Å². The second-order valence-corrected chi connectivity index (χ2v) is 6.56. The first-order valence-corrected chi connectivity index (χ1v) is 8.28. The van der Waals surface area contributed by atoms with E-state index in [4.69, 9.17) is 9.15 Å². The largest absolute Gasteiger partial charge is 0.483 e. The van der Waals surface area contributed by atoms with Crippen LogP contribution in [0.5, 0.6) is 5.75 Å². The van der Waals surface area contributed by atoms with Gasteiger partial charge in [-0.3, -0.25) is 4.79 Å². The van der Waals surface area contributed by atoms with Gasteiger partial charge < -0.3 is 9.15 Å². The van der Waals surface area contributed by atoms with Gasteiger partial charge in [0, 0.05) is 10.9 Å². The van der Waals surface area contributed by atoms with Gasteiger partial charge in [0.1, 0.15) is 23.9 Å². The summed E-state index contributed by atoms with van der Waals surface area (Å²) >= 11 is 1.43. The van der Waals surface area contributed by atoms with E-state index in [1.54, 1.807) is 24.3 Å². The molecule has 1 aromatic carbocycles. The Morgan fingerprint density at radius 2 is 2.04 bits per heavy atom. The molecule has 0 aliphatic carbocycles. The van der Waals surface area contributed by atoms with Crippen molar-refractivity contribution < 1.29 is 22.7 Å². The fourth-order valence-electron chi connectivity index (χ4n) is 2.11. The molecule has 0 spiro atoms. The standard InChI is InChI=1S/C19H14F2O3S/c1-12-2-9-19(25-12)17(22)7-6-14-4-5-15(24-14)11-23-18-8-3-13(20)10-16(18)21/h2-10H,11H2,1H3/b7-6+. The molecule has 2 aromatic heterocycles. The highest BCUT2D eigenvalue weighted by Crippen LogP contribution is 2.20. The first-order chi connectivity index (χ1) is 12.0. The molecule has 25 heavy (non-hydrogen) atoms. The number of hydrogen-bond acceptors (Lipinski definition) is 4. The zero-order chi connectivity index (χ0) is 17.8. The van der Waals surface area contributed by atoms with Gasteiger partial charge in [0.15, 0.2) is 17.3 Å². The third-order valence-corrected chi connectivity index (χ3v) is 4.34. The number of halogens is 2. The Hall–Kier alpha value is -2.73. The molecule has 0 fully saturated rings. The molecule has 0 bridgehead atoms. The molecule has 3 nitrogen and oxygen atoms in total. The van der Waals surface area contributed by atoms with Crippen LogP contribution in [0.2, 0.25) is 0 Å². The number of benzene rings is 1. The van der Waals surface area contributed by atoms with Crippen molar-refractivity contribution >= 4 is 23.2 Å². The SMILES string of the molecule is Cc1ccc(C(=O)/C=C/c2ccc(COc3ccc(F)cc3F)o2)s1. The number of carbonyl (C=O) groups excluding carboxylic acids is 1. The maximum atomic E-state index is 13.5. The molecule has 3 rings (SSSR count). The minimum absolute atomic E-state index is 0.00550. The third kappa shape index (κ3) is 4.42. The molecule has 0 radical (unpaired) electrons. The first-order valence-electron chi connectivity index (χ1n) is 7.47. The van der Waals surface area contributed by atoms with Crippen LogP contribution < -0.4 is 4.74 Å². The fourth-order valence-corrected chi connectivity index (χ4v) is 2.90. The van der Waals surface area contributed by atoms with Gasteiger partial charge in [-0.2, -0.15) is 0 Å². The summed E-state index contributed by atoms with van der Waals surface area (Å²) in [6.07, 6.45) is 3.01. The van der Waals surface area contributed by atoms with Crippen LogP contribution in [0.4, 0.5) is 8.78 Å². The number of ketones is 1. The van der Waals surface area contributed by atoms with E-state index in [-0.39, 0.29) is 18.1 Å². The quantitative estimate of drug-likeness (QED) is 0.436. The zero-order valence-electron chi connectivity index (χ0n) is 13.3. The van der Waals surface area contributed by atoms with Crippen LogP contribution in [-0.2, 0) is 6.61 Å². The van der Waals surface area contributed by atoms with Crippen molar-refractivity contribution in [1.29, 1.82) is 0 Å². The molecular weight excluding hydrogens is 346 g/mol. The molecule has 0 saturated heterocycles. The molecular formula is C19H14F2O3S. The molecule has 6 heteroatoms. The second-order valence-electron chi connectivity index (χ2n) is 5.28. The van der Waals surface area contributed by atoms with Gasteiger partial charge in [-0.25, -0.2) is 8.78 Å². The molecule has 0 atom stereocenters. The van der Waals surface area contributed by atoms with Gasteiger partial charge in [-0.1, -0.05) is 0 Å². The summed E-state index contributed by atoms with van der Waals surface area (Å²) in [4.78, 5) is 13.7. The lowest BCUT2D eigenvalue weighted by Gasteiger charge is -2.05. The normalized spacial score (nSPS) is 11.2. The maximum absolute atomic E-state index is 13.5. The molecule has 0 aliphatic heterocycles. The lowest BCUT2D eigenvalue weighted by molar-refractivity contribution is 0.105. The second kappa shape index (κ2) is 7.44. The third-order valence-electron chi connectivity index (χ3n) is 3.33. The Morgan fingerprint density at radius 1 is 1.20 bits per heavy atom. The van der Waals surface area contributed by atoms with Gasteiger partial charge in [0.2, 0.25) is 0 Å². The van der Waals surface area contributed by atoms with Gasteiger partial charge >= 0.3 is 0 Å². The summed E-state index contributed by atoms with van der Waals surface area (Å²) in [6, 6.07) is 10.1. The number of furan rings is 1. The Morgan fingerprint density at radius 3 is 2.76 bits per heavy atom. The van der Waals surface area contributed by atoms with Crippen molar-refractivity contribution in [2.24, 2.45) is 0 Å². The summed E-state index contributed by atoms with van der Waals surface area (Å²) in [5, 5.41) is 0. The Balaban J connectivity index is 1.60. The topological polar surface area (TPSA) is 39.4 Å². The van der Waals surface area contributed by atoms with E-state index in [2.05, 4.69) is 0 Å². The zero-order valence-corrected chi connectivity index (χ0v) is 14.1. The molecule has 2 heterocycles. The summed E-state index contributed by atoms with van der Waals surface area (Å²) < 4.78 is 37.1. The Labute approximate surface area is 147 Å². The number of thiophene rings is 1. The molecule has 128 valence electrons. The van der Waals surface area contributed by atoms with Gasteiger partial charge in [0.25, 0.3) is 0 Å². The van der Waals surface area contributed by atoms with E-state index < -0.39 is 11.6 Å². The molecule has 0 aliphatic rings. The average molecular weight is 360 g/mol. The first kappa shape index (κ1) is 17.1. The monoisotopic (exact) mass is 360 g/mol.